The molecule has 0 saturated heterocycles. The molecule has 0 bridgehead atoms. The molecule has 0 aliphatic rings. The van der Waals surface area contributed by atoms with E-state index in [0.29, 0.717) is 0 Å². The number of carboxylic acids is 1. The van der Waals surface area contributed by atoms with Gasteiger partial charge in [-0.05, 0) is 32.1 Å². The van der Waals surface area contributed by atoms with E-state index in [4.69, 9.17) is 5.11 Å². The molecule has 0 aromatic rings. The first-order valence-electron chi connectivity index (χ1n) is 9.05. The van der Waals surface area contributed by atoms with Crippen molar-refractivity contribution in [3.8, 4) is 0 Å². The zero-order chi connectivity index (χ0) is 17.2. The first-order valence-corrected chi connectivity index (χ1v) is 9.05. The quantitative estimate of drug-likeness (QED) is 0.241. The molecule has 0 radical (unpaired) electrons. The topological polar surface area (TPSA) is 57.5 Å². The van der Waals surface area contributed by atoms with E-state index < -0.39 is 12.1 Å². The van der Waals surface area contributed by atoms with Crippen LogP contribution in [0.5, 0.6) is 0 Å². The van der Waals surface area contributed by atoms with Gasteiger partial charge in [-0.3, -0.25) is 4.79 Å². The van der Waals surface area contributed by atoms with Gasteiger partial charge in [0.2, 0.25) is 0 Å². The molecule has 0 rings (SSSR count). The average Bonchev–Trinajstić information content (AvgIpc) is 2.52. The summed E-state index contributed by atoms with van der Waals surface area (Å²) in [6.45, 7) is 2.21. The third kappa shape index (κ3) is 18.6. The van der Waals surface area contributed by atoms with Gasteiger partial charge >= 0.3 is 5.97 Å². The van der Waals surface area contributed by atoms with Crippen molar-refractivity contribution in [1.29, 1.82) is 0 Å². The lowest BCUT2D eigenvalue weighted by Crippen LogP contribution is -2.01. The van der Waals surface area contributed by atoms with Crippen LogP contribution in [0.15, 0.2) is 36.5 Å². The number of hydrogen-bond acceptors (Lipinski definition) is 2. The number of rotatable bonds is 15. The summed E-state index contributed by atoms with van der Waals surface area (Å²) in [6.07, 6.45) is 22.3. The molecule has 0 aromatic heterocycles. The number of aliphatic hydroxyl groups is 1. The summed E-state index contributed by atoms with van der Waals surface area (Å²) in [6, 6.07) is 0. The summed E-state index contributed by atoms with van der Waals surface area (Å²) in [4.78, 5) is 10.4. The molecule has 0 saturated carbocycles. The van der Waals surface area contributed by atoms with Gasteiger partial charge in [0.15, 0.2) is 0 Å². The molecule has 0 aliphatic heterocycles. The predicted octanol–water partition coefficient (Wildman–Crippen LogP) is 5.41. The van der Waals surface area contributed by atoms with E-state index in [1.54, 1.807) is 0 Å². The fourth-order valence-electron chi connectivity index (χ4n) is 2.23. The fraction of sp³-hybridized carbons (Fsp3) is 0.650. The number of aliphatic hydroxyl groups excluding tert-OH is 1. The number of carbonyl (C=O) groups is 1. The summed E-state index contributed by atoms with van der Waals surface area (Å²) >= 11 is 0. The SMILES string of the molecule is CCCCC/C=C\C/C=C\C=C\C(O)CCCCCCC(=O)O. The standard InChI is InChI=1S/C20H34O3/c1-2-3-4-5-6-7-8-9-10-13-16-19(21)17-14-11-12-15-18-20(22)23/h6-7,9-10,13,16,19,21H,2-5,8,11-12,14-15,17-18H2,1H3,(H,22,23)/b7-6-,10-9-,16-13+. The van der Waals surface area contributed by atoms with Crippen molar-refractivity contribution in [2.75, 3.05) is 0 Å². The Morgan fingerprint density at radius 1 is 0.957 bits per heavy atom. The van der Waals surface area contributed by atoms with Gasteiger partial charge in [0.25, 0.3) is 0 Å². The molecular weight excluding hydrogens is 288 g/mol. The minimum Gasteiger partial charge on any atom is -0.481 e. The maximum Gasteiger partial charge on any atom is 0.303 e. The average molecular weight is 322 g/mol. The van der Waals surface area contributed by atoms with Gasteiger partial charge in [-0.1, -0.05) is 75.5 Å². The molecule has 1 unspecified atom stereocenters. The highest BCUT2D eigenvalue weighted by atomic mass is 16.4. The predicted molar refractivity (Wildman–Crippen MR) is 97.5 cm³/mol. The first-order chi connectivity index (χ1) is 11.2. The molecule has 0 aromatic carbocycles. The minimum atomic E-state index is -0.726. The normalized spacial score (nSPS) is 13.5. The number of aliphatic carboxylic acids is 1. The monoisotopic (exact) mass is 322 g/mol. The summed E-state index contributed by atoms with van der Waals surface area (Å²) in [5.74, 6) is -0.726. The summed E-state index contributed by atoms with van der Waals surface area (Å²) in [5, 5.41) is 18.3. The molecule has 3 nitrogen and oxygen atoms in total. The Balaban J connectivity index is 3.51. The van der Waals surface area contributed by atoms with Gasteiger partial charge in [-0.15, -0.1) is 0 Å². The zero-order valence-corrected chi connectivity index (χ0v) is 14.6. The van der Waals surface area contributed by atoms with Crippen molar-refractivity contribution < 1.29 is 15.0 Å². The lowest BCUT2D eigenvalue weighted by atomic mass is 10.1. The van der Waals surface area contributed by atoms with Crippen LogP contribution in [0.1, 0.15) is 77.6 Å². The largest absolute Gasteiger partial charge is 0.481 e. The van der Waals surface area contributed by atoms with E-state index in [1.165, 1.54) is 25.7 Å². The van der Waals surface area contributed by atoms with Crippen LogP contribution in [-0.2, 0) is 4.79 Å². The summed E-state index contributed by atoms with van der Waals surface area (Å²) in [7, 11) is 0. The molecule has 0 spiro atoms. The van der Waals surface area contributed by atoms with Crippen molar-refractivity contribution in [2.24, 2.45) is 0 Å². The molecule has 0 heterocycles. The fourth-order valence-corrected chi connectivity index (χ4v) is 2.23. The second-order valence-electron chi connectivity index (χ2n) is 5.93. The Hall–Kier alpha value is -1.35. The second kappa shape index (κ2) is 17.0. The van der Waals surface area contributed by atoms with Crippen LogP contribution >= 0.6 is 0 Å². The van der Waals surface area contributed by atoms with E-state index in [9.17, 15) is 9.90 Å². The van der Waals surface area contributed by atoms with Gasteiger partial charge in [0, 0.05) is 6.42 Å². The number of unbranched alkanes of at least 4 members (excludes halogenated alkanes) is 6. The van der Waals surface area contributed by atoms with Gasteiger partial charge in [0.05, 0.1) is 6.10 Å². The molecule has 3 heteroatoms. The molecule has 0 aliphatic carbocycles. The second-order valence-corrected chi connectivity index (χ2v) is 5.93. The Morgan fingerprint density at radius 2 is 1.74 bits per heavy atom. The van der Waals surface area contributed by atoms with E-state index in [1.807, 2.05) is 18.2 Å². The van der Waals surface area contributed by atoms with E-state index in [0.717, 1.165) is 38.5 Å². The van der Waals surface area contributed by atoms with Crippen LogP contribution in [0.25, 0.3) is 0 Å². The Bertz CT molecular complexity index is 356. The molecular formula is C20H34O3. The van der Waals surface area contributed by atoms with Crippen LogP contribution in [0, 0.1) is 0 Å². The van der Waals surface area contributed by atoms with E-state index in [2.05, 4.69) is 25.2 Å². The molecule has 1 atom stereocenters. The van der Waals surface area contributed by atoms with Crippen molar-refractivity contribution in [1.82, 2.24) is 0 Å². The van der Waals surface area contributed by atoms with Crippen molar-refractivity contribution in [2.45, 2.75) is 83.7 Å². The van der Waals surface area contributed by atoms with Crippen LogP contribution in [0.2, 0.25) is 0 Å². The first kappa shape index (κ1) is 21.6. The van der Waals surface area contributed by atoms with Crippen molar-refractivity contribution in [3.05, 3.63) is 36.5 Å². The highest BCUT2D eigenvalue weighted by molar-refractivity contribution is 5.66. The highest BCUT2D eigenvalue weighted by Crippen LogP contribution is 2.08. The third-order valence-electron chi connectivity index (χ3n) is 3.63. The smallest absolute Gasteiger partial charge is 0.303 e. The Kier molecular flexibility index (Phi) is 16.0. The van der Waals surface area contributed by atoms with E-state index >= 15 is 0 Å². The number of carboxylic acid groups (broad SMARTS) is 1. The summed E-state index contributed by atoms with van der Waals surface area (Å²) < 4.78 is 0. The van der Waals surface area contributed by atoms with Gasteiger partial charge in [-0.25, -0.2) is 0 Å². The van der Waals surface area contributed by atoms with Gasteiger partial charge < -0.3 is 10.2 Å². The van der Waals surface area contributed by atoms with Gasteiger partial charge in [-0.2, -0.15) is 0 Å². The van der Waals surface area contributed by atoms with Crippen LogP contribution in [-0.4, -0.2) is 22.3 Å². The minimum absolute atomic E-state index is 0.250. The third-order valence-corrected chi connectivity index (χ3v) is 3.63. The maximum absolute atomic E-state index is 10.4. The van der Waals surface area contributed by atoms with Crippen molar-refractivity contribution in [3.63, 3.8) is 0 Å². The Labute approximate surface area is 141 Å². The maximum atomic E-state index is 10.4. The van der Waals surface area contributed by atoms with Gasteiger partial charge in [0.1, 0.15) is 0 Å². The van der Waals surface area contributed by atoms with E-state index in [-0.39, 0.29) is 6.42 Å². The van der Waals surface area contributed by atoms with Crippen molar-refractivity contribution >= 4 is 5.97 Å². The zero-order valence-electron chi connectivity index (χ0n) is 14.6. The summed E-state index contributed by atoms with van der Waals surface area (Å²) in [5.41, 5.74) is 0. The Morgan fingerprint density at radius 3 is 2.48 bits per heavy atom. The lowest BCUT2D eigenvalue weighted by Gasteiger charge is -2.04. The molecule has 2 N–H and O–H groups in total. The molecule has 0 fully saturated rings. The van der Waals surface area contributed by atoms with Crippen LogP contribution in [0.3, 0.4) is 0 Å². The van der Waals surface area contributed by atoms with Crippen LogP contribution < -0.4 is 0 Å². The van der Waals surface area contributed by atoms with Crippen LogP contribution in [0.4, 0.5) is 0 Å². The molecule has 132 valence electrons. The number of hydrogen-bond donors (Lipinski definition) is 2. The lowest BCUT2D eigenvalue weighted by molar-refractivity contribution is -0.137. The highest BCUT2D eigenvalue weighted by Gasteiger charge is 1.99. The molecule has 0 amide bonds. The number of allylic oxidation sites excluding steroid dienone is 5. The molecule has 23 heavy (non-hydrogen) atoms.